The van der Waals surface area contributed by atoms with Gasteiger partial charge in [0.1, 0.15) is 0 Å². The Morgan fingerprint density at radius 2 is 2.00 bits per heavy atom. The summed E-state index contributed by atoms with van der Waals surface area (Å²) >= 11 is 1.95. The van der Waals surface area contributed by atoms with Crippen molar-refractivity contribution in [3.63, 3.8) is 0 Å². The molecule has 1 aromatic heterocycles. The normalized spacial score (nSPS) is 9.35. The fourth-order valence-electron chi connectivity index (χ4n) is 1.53. The molecule has 0 spiro atoms. The highest BCUT2D eigenvalue weighted by Gasteiger charge is 2.15. The van der Waals surface area contributed by atoms with Crippen molar-refractivity contribution in [1.29, 1.82) is 0 Å². The maximum Gasteiger partial charge on any atom is 0.257 e. The molecule has 1 amide bonds. The zero-order valence-electron chi connectivity index (χ0n) is 14.9. The SMILES string of the molecule is CC.CCOC.O=Cc1cc(C(=O)Nc2cccc(F)c2F)cn1SI. The number of ether oxygens (including phenoxy) is 1. The summed E-state index contributed by atoms with van der Waals surface area (Å²) in [5.41, 5.74) is 0.228. The number of methoxy groups -OCH3 is 1. The minimum atomic E-state index is -1.13. The number of benzene rings is 1. The molecule has 0 saturated carbocycles. The fourth-order valence-corrected chi connectivity index (χ4v) is 2.88. The second-order valence-electron chi connectivity index (χ2n) is 4.30. The van der Waals surface area contributed by atoms with Gasteiger partial charge in [-0.2, -0.15) is 0 Å². The molecular weight excluding hydrogens is 477 g/mol. The van der Waals surface area contributed by atoms with E-state index in [1.165, 1.54) is 37.5 Å². The number of anilines is 1. The van der Waals surface area contributed by atoms with E-state index in [9.17, 15) is 18.4 Å². The van der Waals surface area contributed by atoms with Crippen LogP contribution in [0, 0.1) is 11.6 Å². The summed E-state index contributed by atoms with van der Waals surface area (Å²) < 4.78 is 32.5. The number of carbonyl (C=O) groups excluding carboxylic acids is 2. The van der Waals surface area contributed by atoms with E-state index in [-0.39, 0.29) is 11.3 Å². The lowest BCUT2D eigenvalue weighted by Gasteiger charge is -2.05. The highest BCUT2D eigenvalue weighted by Crippen LogP contribution is 2.22. The van der Waals surface area contributed by atoms with E-state index in [1.807, 2.05) is 42.0 Å². The molecule has 1 N–H and O–H groups in total. The molecule has 144 valence electrons. The lowest BCUT2D eigenvalue weighted by atomic mass is 10.2. The van der Waals surface area contributed by atoms with Gasteiger partial charge in [0, 0.05) is 50.2 Å². The van der Waals surface area contributed by atoms with Crippen LogP contribution in [0.2, 0.25) is 0 Å². The van der Waals surface area contributed by atoms with Crippen LogP contribution in [0.15, 0.2) is 30.5 Å². The van der Waals surface area contributed by atoms with Gasteiger partial charge in [0.2, 0.25) is 0 Å². The number of hydrogen-bond acceptors (Lipinski definition) is 4. The van der Waals surface area contributed by atoms with E-state index in [0.717, 1.165) is 12.7 Å². The van der Waals surface area contributed by atoms with Crippen molar-refractivity contribution in [2.45, 2.75) is 20.8 Å². The van der Waals surface area contributed by atoms with E-state index < -0.39 is 17.5 Å². The molecule has 0 aliphatic carbocycles. The maximum absolute atomic E-state index is 13.4. The zero-order valence-corrected chi connectivity index (χ0v) is 17.9. The van der Waals surface area contributed by atoms with Gasteiger partial charge in [0.05, 0.1) is 16.9 Å². The molecule has 2 rings (SSSR count). The molecule has 2 aromatic rings. The predicted octanol–water partition coefficient (Wildman–Crippen LogP) is 5.36. The Kier molecular flexibility index (Phi) is 12.9. The predicted molar refractivity (Wildman–Crippen MR) is 110 cm³/mol. The van der Waals surface area contributed by atoms with Crippen LogP contribution in [-0.2, 0) is 4.74 Å². The summed E-state index contributed by atoms with van der Waals surface area (Å²) in [6.45, 7) is 6.78. The molecule has 0 atom stereocenters. The number of amides is 1. The van der Waals surface area contributed by atoms with Gasteiger partial charge in [-0.05, 0) is 25.1 Å². The molecule has 1 heterocycles. The van der Waals surface area contributed by atoms with Crippen molar-refractivity contribution in [2.75, 3.05) is 19.0 Å². The Bertz CT molecular complexity index is 709. The van der Waals surface area contributed by atoms with E-state index in [1.54, 1.807) is 7.11 Å². The van der Waals surface area contributed by atoms with Crippen LogP contribution in [0.1, 0.15) is 41.6 Å². The van der Waals surface area contributed by atoms with E-state index in [0.29, 0.717) is 12.0 Å². The number of carbonyl (C=O) groups is 2. The maximum atomic E-state index is 13.4. The molecule has 0 radical (unpaired) electrons. The number of halogens is 3. The number of nitrogens with one attached hydrogen (secondary N) is 1. The van der Waals surface area contributed by atoms with Crippen molar-refractivity contribution in [3.8, 4) is 0 Å². The standard InChI is InChI=1S/C12H7F2IN2O2S.C3H8O.C2H6/c13-9-2-1-3-10(11(9)14)16-12(19)7-4-8(6-18)17(5-7)20-15;1-3-4-2;1-2/h1-6H,(H,16,19);3H2,1-2H3;1-2H3. The monoisotopic (exact) mass is 498 g/mol. The largest absolute Gasteiger partial charge is 0.385 e. The van der Waals surface area contributed by atoms with E-state index in [4.69, 9.17) is 0 Å². The van der Waals surface area contributed by atoms with Crippen molar-refractivity contribution >= 4 is 48.2 Å². The fraction of sp³-hybridized carbons (Fsp3) is 0.294. The van der Waals surface area contributed by atoms with Crippen LogP contribution in [0.3, 0.4) is 0 Å². The quantitative estimate of drug-likeness (QED) is 0.446. The Labute approximate surface area is 168 Å². The average molecular weight is 498 g/mol. The molecule has 0 saturated heterocycles. The topological polar surface area (TPSA) is 60.3 Å². The minimum absolute atomic E-state index is 0.180. The minimum Gasteiger partial charge on any atom is -0.385 e. The van der Waals surface area contributed by atoms with Gasteiger partial charge < -0.3 is 10.1 Å². The number of hydrogen-bond donors (Lipinski definition) is 1. The average Bonchev–Trinajstić information content (AvgIpc) is 3.11. The molecule has 0 aliphatic heterocycles. The van der Waals surface area contributed by atoms with E-state index in [2.05, 4.69) is 10.1 Å². The van der Waals surface area contributed by atoms with Crippen molar-refractivity contribution in [2.24, 2.45) is 0 Å². The molecular formula is C17H21F2IN2O3S. The van der Waals surface area contributed by atoms with Gasteiger partial charge in [-0.15, -0.1) is 0 Å². The summed E-state index contributed by atoms with van der Waals surface area (Å²) in [6.07, 6.45) is 2.04. The third kappa shape index (κ3) is 7.42. The van der Waals surface area contributed by atoms with Gasteiger partial charge in [0.15, 0.2) is 17.9 Å². The Morgan fingerprint density at radius 3 is 2.46 bits per heavy atom. The number of nitrogens with zero attached hydrogens (tertiary/aromatic N) is 1. The third-order valence-electron chi connectivity index (χ3n) is 2.76. The first-order valence-corrected chi connectivity index (χ1v) is 11.0. The first kappa shape index (κ1) is 24.5. The highest BCUT2D eigenvalue weighted by atomic mass is 127. The second kappa shape index (κ2) is 13.7. The summed E-state index contributed by atoms with van der Waals surface area (Å²) in [5, 5.41) is 2.26. The first-order chi connectivity index (χ1) is 12.5. The Balaban J connectivity index is 0.000000920. The summed E-state index contributed by atoms with van der Waals surface area (Å²) in [6, 6.07) is 4.86. The van der Waals surface area contributed by atoms with Gasteiger partial charge in [-0.25, -0.2) is 8.78 Å². The van der Waals surface area contributed by atoms with Gasteiger partial charge >= 0.3 is 0 Å². The van der Waals surface area contributed by atoms with Crippen molar-refractivity contribution < 1.29 is 23.1 Å². The number of rotatable bonds is 5. The number of aldehydes is 1. The van der Waals surface area contributed by atoms with Crippen LogP contribution >= 0.6 is 30.3 Å². The molecule has 5 nitrogen and oxygen atoms in total. The van der Waals surface area contributed by atoms with Gasteiger partial charge in [-0.1, -0.05) is 19.9 Å². The Morgan fingerprint density at radius 1 is 1.38 bits per heavy atom. The van der Waals surface area contributed by atoms with Gasteiger partial charge in [0.25, 0.3) is 5.91 Å². The highest BCUT2D eigenvalue weighted by molar-refractivity contribution is 14.2. The van der Waals surface area contributed by atoms with Crippen molar-refractivity contribution in [1.82, 2.24) is 3.97 Å². The third-order valence-corrected chi connectivity index (χ3v) is 4.50. The molecule has 0 fully saturated rings. The van der Waals surface area contributed by atoms with E-state index >= 15 is 0 Å². The van der Waals surface area contributed by atoms with Gasteiger partial charge in [-0.3, -0.25) is 13.6 Å². The lowest BCUT2D eigenvalue weighted by molar-refractivity contribution is 0.102. The summed E-state index contributed by atoms with van der Waals surface area (Å²) in [7, 11) is 2.89. The molecule has 26 heavy (non-hydrogen) atoms. The molecule has 0 aliphatic rings. The summed E-state index contributed by atoms with van der Waals surface area (Å²) in [5.74, 6) is -2.79. The van der Waals surface area contributed by atoms with Crippen molar-refractivity contribution in [3.05, 3.63) is 53.4 Å². The lowest BCUT2D eigenvalue weighted by Crippen LogP contribution is -2.12. The molecule has 1 aromatic carbocycles. The van der Waals surface area contributed by atoms with Crippen LogP contribution in [0.4, 0.5) is 14.5 Å². The molecule has 0 unspecified atom stereocenters. The molecule has 9 heteroatoms. The zero-order chi connectivity index (χ0) is 20.1. The molecule has 0 bridgehead atoms. The summed E-state index contributed by atoms with van der Waals surface area (Å²) in [4.78, 5) is 22.7. The Hall–Kier alpha value is -1.46. The second-order valence-corrected chi connectivity index (χ2v) is 6.01. The van der Waals surface area contributed by atoms with Crippen LogP contribution < -0.4 is 5.32 Å². The smallest absolute Gasteiger partial charge is 0.257 e. The van der Waals surface area contributed by atoms with Crippen LogP contribution in [-0.4, -0.2) is 29.9 Å². The van der Waals surface area contributed by atoms with Crippen LogP contribution in [0.25, 0.3) is 0 Å². The first-order valence-electron chi connectivity index (χ1n) is 7.69. The number of aromatic nitrogens is 1. The van der Waals surface area contributed by atoms with Crippen LogP contribution in [0.5, 0.6) is 0 Å².